The third-order valence-electron chi connectivity index (χ3n) is 4.56. The van der Waals surface area contributed by atoms with Gasteiger partial charge in [-0.3, -0.25) is 9.78 Å². The minimum Gasteiger partial charge on any atom is -0.341 e. The van der Waals surface area contributed by atoms with E-state index in [1.54, 1.807) is 12.4 Å². The molecule has 1 aliphatic rings. The lowest BCUT2D eigenvalue weighted by Gasteiger charge is -2.25. The first-order valence-corrected chi connectivity index (χ1v) is 8.36. The van der Waals surface area contributed by atoms with Gasteiger partial charge >= 0.3 is 0 Å². The van der Waals surface area contributed by atoms with Crippen molar-refractivity contribution in [2.24, 2.45) is 0 Å². The molecule has 1 amide bonds. The van der Waals surface area contributed by atoms with E-state index in [-0.39, 0.29) is 11.8 Å². The molecule has 5 heteroatoms. The molecular formula is C19H20N4O. The van der Waals surface area contributed by atoms with Crippen molar-refractivity contribution in [3.63, 3.8) is 0 Å². The van der Waals surface area contributed by atoms with Crippen molar-refractivity contribution in [1.82, 2.24) is 19.9 Å². The van der Waals surface area contributed by atoms with Crippen LogP contribution in [0.25, 0.3) is 11.0 Å². The Morgan fingerprint density at radius 2 is 2.00 bits per heavy atom. The lowest BCUT2D eigenvalue weighted by Crippen LogP contribution is -2.36. The first-order valence-electron chi connectivity index (χ1n) is 8.36. The molecule has 3 aromatic rings. The van der Waals surface area contributed by atoms with Crippen molar-refractivity contribution in [3.05, 3.63) is 60.2 Å². The van der Waals surface area contributed by atoms with Crippen molar-refractivity contribution in [3.8, 4) is 0 Å². The molecule has 5 nitrogen and oxygen atoms in total. The Morgan fingerprint density at radius 3 is 2.71 bits per heavy atom. The average Bonchev–Trinajstić information content (AvgIpc) is 3.37. The van der Waals surface area contributed by atoms with Crippen molar-refractivity contribution in [1.29, 1.82) is 0 Å². The van der Waals surface area contributed by atoms with Gasteiger partial charge in [-0.25, -0.2) is 4.98 Å². The fourth-order valence-corrected chi connectivity index (χ4v) is 3.00. The van der Waals surface area contributed by atoms with Gasteiger partial charge in [0.1, 0.15) is 5.82 Å². The Morgan fingerprint density at radius 1 is 1.25 bits per heavy atom. The number of H-pyrrole nitrogens is 1. The third kappa shape index (κ3) is 2.89. The number of fused-ring (bicyclic) bond motifs is 1. The number of carbonyl (C=O) groups excluding carboxylic acids is 1. The zero-order valence-electron chi connectivity index (χ0n) is 13.6. The number of nitrogens with one attached hydrogen (secondary N) is 1. The maximum Gasteiger partial charge on any atom is 0.233 e. The fourth-order valence-electron chi connectivity index (χ4n) is 3.00. The summed E-state index contributed by atoms with van der Waals surface area (Å²) in [5.41, 5.74) is 2.99. The Kier molecular flexibility index (Phi) is 3.76. The van der Waals surface area contributed by atoms with Gasteiger partial charge in [0.05, 0.1) is 17.0 Å². The van der Waals surface area contributed by atoms with Crippen LogP contribution < -0.4 is 0 Å². The van der Waals surface area contributed by atoms with E-state index in [4.69, 9.17) is 0 Å². The van der Waals surface area contributed by atoms with E-state index in [2.05, 4.69) is 15.0 Å². The molecule has 1 saturated carbocycles. The van der Waals surface area contributed by atoms with Gasteiger partial charge in [-0.1, -0.05) is 12.1 Å². The van der Waals surface area contributed by atoms with Crippen LogP contribution in [0.1, 0.15) is 37.1 Å². The maximum atomic E-state index is 13.1. The summed E-state index contributed by atoms with van der Waals surface area (Å²) in [5.74, 6) is 0.592. The first kappa shape index (κ1) is 14.9. The van der Waals surface area contributed by atoms with Crippen molar-refractivity contribution in [2.75, 3.05) is 0 Å². The number of hydrogen-bond acceptors (Lipinski definition) is 3. The van der Waals surface area contributed by atoms with Gasteiger partial charge in [0.2, 0.25) is 5.91 Å². The molecule has 1 N–H and O–H groups in total. The number of aromatic amines is 1. The monoisotopic (exact) mass is 320 g/mol. The normalized spacial score (nSPS) is 15.4. The third-order valence-corrected chi connectivity index (χ3v) is 4.56. The zero-order valence-corrected chi connectivity index (χ0v) is 13.6. The number of carbonyl (C=O) groups is 1. The summed E-state index contributed by atoms with van der Waals surface area (Å²) in [5, 5.41) is 0. The van der Waals surface area contributed by atoms with Gasteiger partial charge in [0, 0.05) is 25.0 Å². The van der Waals surface area contributed by atoms with E-state index >= 15 is 0 Å². The fraction of sp³-hybridized carbons (Fsp3) is 0.316. The van der Waals surface area contributed by atoms with Crippen molar-refractivity contribution in [2.45, 2.75) is 38.3 Å². The molecule has 1 atom stereocenters. The van der Waals surface area contributed by atoms with Crippen LogP contribution in [0.3, 0.4) is 0 Å². The largest absolute Gasteiger partial charge is 0.341 e. The highest BCUT2D eigenvalue weighted by molar-refractivity contribution is 5.84. The van der Waals surface area contributed by atoms with Crippen LogP contribution >= 0.6 is 0 Å². The van der Waals surface area contributed by atoms with E-state index in [0.717, 1.165) is 35.3 Å². The summed E-state index contributed by atoms with van der Waals surface area (Å²) in [6.45, 7) is 2.57. The minimum absolute atomic E-state index is 0.133. The number of benzene rings is 1. The second-order valence-electron chi connectivity index (χ2n) is 6.41. The number of hydrogen-bond donors (Lipinski definition) is 1. The van der Waals surface area contributed by atoms with Gasteiger partial charge in [-0.05, 0) is 49.6 Å². The Hall–Kier alpha value is -2.69. The quantitative estimate of drug-likeness (QED) is 0.785. The number of pyridine rings is 1. The second kappa shape index (κ2) is 6.07. The Labute approximate surface area is 140 Å². The van der Waals surface area contributed by atoms with Crippen LogP contribution in [0.2, 0.25) is 0 Å². The van der Waals surface area contributed by atoms with E-state index < -0.39 is 0 Å². The van der Waals surface area contributed by atoms with Crippen LogP contribution in [0.15, 0.2) is 48.8 Å². The summed E-state index contributed by atoms with van der Waals surface area (Å²) >= 11 is 0. The second-order valence-corrected chi connectivity index (χ2v) is 6.41. The molecule has 0 spiro atoms. The summed E-state index contributed by atoms with van der Waals surface area (Å²) < 4.78 is 0. The van der Waals surface area contributed by atoms with E-state index in [0.29, 0.717) is 12.6 Å². The predicted octanol–water partition coefficient (Wildman–Crippen LogP) is 3.25. The molecule has 122 valence electrons. The van der Waals surface area contributed by atoms with Crippen LogP contribution in [0.5, 0.6) is 0 Å². The summed E-state index contributed by atoms with van der Waals surface area (Å²) in [7, 11) is 0. The summed E-state index contributed by atoms with van der Waals surface area (Å²) in [6, 6.07) is 12.2. The molecular weight excluding hydrogens is 300 g/mol. The lowest BCUT2D eigenvalue weighted by atomic mass is 10.1. The number of aromatic nitrogens is 3. The van der Waals surface area contributed by atoms with Crippen LogP contribution in [0, 0.1) is 0 Å². The minimum atomic E-state index is -0.278. The molecule has 0 aliphatic heterocycles. The Balaban J connectivity index is 1.57. The maximum absolute atomic E-state index is 13.1. The molecule has 4 rings (SSSR count). The topological polar surface area (TPSA) is 61.9 Å². The van der Waals surface area contributed by atoms with Gasteiger partial charge in [-0.15, -0.1) is 0 Å². The molecule has 2 aromatic heterocycles. The van der Waals surface area contributed by atoms with E-state index in [9.17, 15) is 4.79 Å². The number of para-hydroxylation sites is 2. The highest BCUT2D eigenvalue weighted by atomic mass is 16.2. The standard InChI is InChI=1S/C19H20N4O/c1-13(18-21-16-4-2-3-5-17(16)22-18)19(24)23(15-6-7-15)12-14-8-10-20-11-9-14/h2-5,8-11,13,15H,6-7,12H2,1H3,(H,21,22). The van der Waals surface area contributed by atoms with Crippen LogP contribution in [0.4, 0.5) is 0 Å². The Bertz CT molecular complexity index is 821. The molecule has 1 unspecified atom stereocenters. The summed E-state index contributed by atoms with van der Waals surface area (Å²) in [6.07, 6.45) is 5.72. The van der Waals surface area contributed by atoms with Gasteiger partial charge in [0.25, 0.3) is 0 Å². The number of nitrogens with zero attached hydrogens (tertiary/aromatic N) is 3. The SMILES string of the molecule is CC(C(=O)N(Cc1ccncc1)C1CC1)c1nc2ccccc2[nH]1. The van der Waals surface area contributed by atoms with Crippen molar-refractivity contribution < 1.29 is 4.79 Å². The van der Waals surface area contributed by atoms with Gasteiger partial charge in [0.15, 0.2) is 0 Å². The molecule has 1 aliphatic carbocycles. The molecule has 0 bridgehead atoms. The first-order chi connectivity index (χ1) is 11.7. The van der Waals surface area contributed by atoms with E-state index in [1.165, 1.54) is 0 Å². The van der Waals surface area contributed by atoms with Crippen LogP contribution in [-0.2, 0) is 11.3 Å². The molecule has 1 aromatic carbocycles. The van der Waals surface area contributed by atoms with Crippen LogP contribution in [-0.4, -0.2) is 31.8 Å². The smallest absolute Gasteiger partial charge is 0.233 e. The predicted molar refractivity (Wildman–Crippen MR) is 92.3 cm³/mol. The van der Waals surface area contributed by atoms with Gasteiger partial charge < -0.3 is 9.88 Å². The number of amides is 1. The number of imidazole rings is 1. The lowest BCUT2D eigenvalue weighted by molar-refractivity contribution is -0.133. The molecule has 1 fully saturated rings. The highest BCUT2D eigenvalue weighted by Crippen LogP contribution is 2.31. The highest BCUT2D eigenvalue weighted by Gasteiger charge is 2.35. The van der Waals surface area contributed by atoms with Crippen molar-refractivity contribution >= 4 is 16.9 Å². The van der Waals surface area contributed by atoms with E-state index in [1.807, 2.05) is 48.2 Å². The molecule has 0 radical (unpaired) electrons. The number of rotatable bonds is 5. The summed E-state index contributed by atoms with van der Waals surface area (Å²) in [4.78, 5) is 27.0. The van der Waals surface area contributed by atoms with Gasteiger partial charge in [-0.2, -0.15) is 0 Å². The average molecular weight is 320 g/mol. The molecule has 24 heavy (non-hydrogen) atoms. The molecule has 0 saturated heterocycles. The molecule has 2 heterocycles. The zero-order chi connectivity index (χ0) is 16.5.